The van der Waals surface area contributed by atoms with E-state index in [2.05, 4.69) is 5.32 Å². The van der Waals surface area contributed by atoms with Crippen molar-refractivity contribution in [3.63, 3.8) is 0 Å². The van der Waals surface area contributed by atoms with Gasteiger partial charge in [0.25, 0.3) is 5.91 Å². The van der Waals surface area contributed by atoms with Crippen LogP contribution in [0.25, 0.3) is 0 Å². The molecule has 2 aliphatic heterocycles. The Hall–Kier alpha value is -3.15. The predicted octanol–water partition coefficient (Wildman–Crippen LogP) is 3.23. The number of benzene rings is 2. The number of hydrogen-bond donors (Lipinski definition) is 1. The molecule has 1 saturated heterocycles. The number of nitrogens with zero attached hydrogens (tertiary/aromatic N) is 1. The van der Waals surface area contributed by atoms with E-state index in [1.54, 1.807) is 12.1 Å². The second kappa shape index (κ2) is 8.47. The molecule has 0 radical (unpaired) electrons. The standard InChI is InChI=1S/C23H24N2O4/c26-21(14-20-18-6-2-3-7-19(18)23(28)29-20)24-15-16-8-10-17(11-9-16)22(27)25-12-4-1-5-13-25/h2-3,6-11,20H,1,4-5,12-15H2,(H,24,26)/t20-/m0/s1. The molecule has 0 unspecified atom stereocenters. The molecule has 2 aromatic rings. The van der Waals surface area contributed by atoms with Gasteiger partial charge < -0.3 is 15.0 Å². The van der Waals surface area contributed by atoms with E-state index in [0.717, 1.165) is 37.1 Å². The maximum atomic E-state index is 12.5. The monoisotopic (exact) mass is 392 g/mol. The number of cyclic esters (lactones) is 1. The molecule has 1 atom stereocenters. The highest BCUT2D eigenvalue weighted by Crippen LogP contribution is 2.32. The fraction of sp³-hybridized carbons (Fsp3) is 0.348. The minimum Gasteiger partial charge on any atom is -0.453 e. The van der Waals surface area contributed by atoms with Crippen molar-refractivity contribution in [2.24, 2.45) is 0 Å². The Bertz CT molecular complexity index is 917. The van der Waals surface area contributed by atoms with E-state index in [9.17, 15) is 14.4 Å². The third kappa shape index (κ3) is 4.31. The summed E-state index contributed by atoms with van der Waals surface area (Å²) in [5, 5.41) is 2.86. The third-order valence-electron chi connectivity index (χ3n) is 5.48. The summed E-state index contributed by atoms with van der Waals surface area (Å²) in [5.41, 5.74) is 2.88. The van der Waals surface area contributed by atoms with Crippen LogP contribution in [0.5, 0.6) is 0 Å². The van der Waals surface area contributed by atoms with Crippen molar-refractivity contribution in [3.8, 4) is 0 Å². The smallest absolute Gasteiger partial charge is 0.339 e. The maximum absolute atomic E-state index is 12.5. The summed E-state index contributed by atoms with van der Waals surface area (Å²) in [6, 6.07) is 14.5. The van der Waals surface area contributed by atoms with Crippen LogP contribution in [0.15, 0.2) is 48.5 Å². The van der Waals surface area contributed by atoms with Crippen molar-refractivity contribution in [1.82, 2.24) is 10.2 Å². The number of likely N-dealkylation sites (tertiary alicyclic amines) is 1. The average Bonchev–Trinajstić information content (AvgIpc) is 3.08. The minimum absolute atomic E-state index is 0.0713. The zero-order chi connectivity index (χ0) is 20.2. The number of fused-ring (bicyclic) bond motifs is 1. The van der Waals surface area contributed by atoms with Gasteiger partial charge in [-0.05, 0) is 43.0 Å². The van der Waals surface area contributed by atoms with Crippen LogP contribution in [0, 0.1) is 0 Å². The summed E-state index contributed by atoms with van der Waals surface area (Å²) >= 11 is 0. The number of carbonyl (C=O) groups excluding carboxylic acids is 3. The van der Waals surface area contributed by atoms with Gasteiger partial charge in [-0.1, -0.05) is 30.3 Å². The van der Waals surface area contributed by atoms with Crippen LogP contribution in [0.2, 0.25) is 0 Å². The molecule has 0 aromatic heterocycles. The van der Waals surface area contributed by atoms with Crippen molar-refractivity contribution < 1.29 is 19.1 Å². The normalized spacial score (nSPS) is 18.1. The number of piperidine rings is 1. The van der Waals surface area contributed by atoms with Crippen molar-refractivity contribution in [3.05, 3.63) is 70.8 Å². The molecule has 0 aliphatic carbocycles. The van der Waals surface area contributed by atoms with Crippen molar-refractivity contribution in [2.75, 3.05) is 13.1 Å². The van der Waals surface area contributed by atoms with Crippen molar-refractivity contribution in [2.45, 2.75) is 38.3 Å². The lowest BCUT2D eigenvalue weighted by Crippen LogP contribution is -2.35. The van der Waals surface area contributed by atoms with Gasteiger partial charge >= 0.3 is 5.97 Å². The largest absolute Gasteiger partial charge is 0.453 e. The zero-order valence-corrected chi connectivity index (χ0v) is 16.2. The number of rotatable bonds is 5. The molecule has 1 N–H and O–H groups in total. The van der Waals surface area contributed by atoms with Gasteiger partial charge in [0.2, 0.25) is 5.91 Å². The van der Waals surface area contributed by atoms with E-state index in [0.29, 0.717) is 17.7 Å². The van der Waals surface area contributed by atoms with Crippen molar-refractivity contribution >= 4 is 17.8 Å². The summed E-state index contributed by atoms with van der Waals surface area (Å²) in [6.07, 6.45) is 2.87. The first-order chi connectivity index (χ1) is 14.1. The predicted molar refractivity (Wildman–Crippen MR) is 107 cm³/mol. The Balaban J connectivity index is 1.30. The summed E-state index contributed by atoms with van der Waals surface area (Å²) < 4.78 is 5.31. The third-order valence-corrected chi connectivity index (χ3v) is 5.48. The summed E-state index contributed by atoms with van der Waals surface area (Å²) in [4.78, 5) is 38.6. The molecule has 29 heavy (non-hydrogen) atoms. The van der Waals surface area contributed by atoms with Crippen LogP contribution in [0.3, 0.4) is 0 Å². The Labute approximate surface area is 169 Å². The summed E-state index contributed by atoms with van der Waals surface area (Å²) in [5.74, 6) is -0.498. The molecule has 1 fully saturated rings. The highest BCUT2D eigenvalue weighted by Gasteiger charge is 2.31. The molecule has 0 saturated carbocycles. The van der Waals surface area contributed by atoms with E-state index >= 15 is 0 Å². The van der Waals surface area contributed by atoms with Gasteiger partial charge in [0, 0.05) is 30.8 Å². The van der Waals surface area contributed by atoms with Crippen LogP contribution >= 0.6 is 0 Å². The van der Waals surface area contributed by atoms with Crippen LogP contribution < -0.4 is 5.32 Å². The SMILES string of the molecule is O=C(C[C@@H]1OC(=O)c2ccccc21)NCc1ccc(C(=O)N2CCCCC2)cc1. The molecular weight excluding hydrogens is 368 g/mol. The fourth-order valence-corrected chi connectivity index (χ4v) is 3.86. The average molecular weight is 392 g/mol. The van der Waals surface area contributed by atoms with E-state index < -0.39 is 6.10 Å². The highest BCUT2D eigenvalue weighted by atomic mass is 16.5. The van der Waals surface area contributed by atoms with Crippen LogP contribution in [-0.4, -0.2) is 35.8 Å². The van der Waals surface area contributed by atoms with Gasteiger partial charge in [-0.3, -0.25) is 9.59 Å². The van der Waals surface area contributed by atoms with Gasteiger partial charge in [-0.25, -0.2) is 4.79 Å². The first kappa shape index (κ1) is 19.2. The molecule has 2 amide bonds. The number of nitrogens with one attached hydrogen (secondary N) is 1. The molecule has 6 nitrogen and oxygen atoms in total. The Morgan fingerprint density at radius 1 is 1.00 bits per heavy atom. The van der Waals surface area contributed by atoms with Crippen LogP contribution in [0.1, 0.15) is 63.6 Å². The molecular formula is C23H24N2O4. The Kier molecular flexibility index (Phi) is 5.60. The van der Waals surface area contributed by atoms with Gasteiger partial charge in [-0.2, -0.15) is 0 Å². The number of amides is 2. The quantitative estimate of drug-likeness (QED) is 0.793. The molecule has 2 aromatic carbocycles. The molecule has 4 rings (SSSR count). The minimum atomic E-state index is -0.539. The number of esters is 1. The topological polar surface area (TPSA) is 75.7 Å². The Morgan fingerprint density at radius 2 is 1.72 bits per heavy atom. The molecule has 2 heterocycles. The van der Waals surface area contributed by atoms with E-state index in [4.69, 9.17) is 4.74 Å². The van der Waals surface area contributed by atoms with E-state index in [1.165, 1.54) is 6.42 Å². The lowest BCUT2D eigenvalue weighted by atomic mass is 10.0. The summed E-state index contributed by atoms with van der Waals surface area (Å²) in [6.45, 7) is 2.01. The van der Waals surface area contributed by atoms with E-state index in [1.807, 2.05) is 41.3 Å². The second-order valence-corrected chi connectivity index (χ2v) is 7.51. The van der Waals surface area contributed by atoms with Gasteiger partial charge in [0.1, 0.15) is 6.10 Å². The number of carbonyl (C=O) groups is 3. The van der Waals surface area contributed by atoms with Gasteiger partial charge in [0.15, 0.2) is 0 Å². The van der Waals surface area contributed by atoms with Gasteiger partial charge in [-0.15, -0.1) is 0 Å². The zero-order valence-electron chi connectivity index (χ0n) is 16.2. The first-order valence-electron chi connectivity index (χ1n) is 10.1. The Morgan fingerprint density at radius 3 is 2.48 bits per heavy atom. The fourth-order valence-electron chi connectivity index (χ4n) is 3.86. The first-order valence-corrected chi connectivity index (χ1v) is 10.1. The molecule has 150 valence electrons. The molecule has 0 spiro atoms. The number of hydrogen-bond acceptors (Lipinski definition) is 4. The highest BCUT2D eigenvalue weighted by molar-refractivity contribution is 5.95. The molecule has 6 heteroatoms. The lowest BCUT2D eigenvalue weighted by molar-refractivity contribution is -0.123. The van der Waals surface area contributed by atoms with Crippen molar-refractivity contribution in [1.29, 1.82) is 0 Å². The second-order valence-electron chi connectivity index (χ2n) is 7.51. The molecule has 2 aliphatic rings. The van der Waals surface area contributed by atoms with E-state index in [-0.39, 0.29) is 24.2 Å². The van der Waals surface area contributed by atoms with Crippen LogP contribution in [-0.2, 0) is 16.1 Å². The molecule has 0 bridgehead atoms. The van der Waals surface area contributed by atoms with Gasteiger partial charge in [0.05, 0.1) is 12.0 Å². The lowest BCUT2D eigenvalue weighted by Gasteiger charge is -2.26. The van der Waals surface area contributed by atoms with Crippen LogP contribution in [0.4, 0.5) is 0 Å². The maximum Gasteiger partial charge on any atom is 0.339 e. The number of ether oxygens (including phenoxy) is 1. The summed E-state index contributed by atoms with van der Waals surface area (Å²) in [7, 11) is 0.